The van der Waals surface area contributed by atoms with Gasteiger partial charge in [-0.1, -0.05) is 39.0 Å². The molecule has 1 aromatic heterocycles. The predicted octanol–water partition coefficient (Wildman–Crippen LogP) is 3.89. The van der Waals surface area contributed by atoms with Gasteiger partial charge in [-0.25, -0.2) is 9.59 Å². The van der Waals surface area contributed by atoms with Crippen LogP contribution in [0.3, 0.4) is 0 Å². The lowest BCUT2D eigenvalue weighted by molar-refractivity contribution is -0.380. The van der Waals surface area contributed by atoms with Gasteiger partial charge >= 0.3 is 23.2 Å². The lowest BCUT2D eigenvalue weighted by Crippen LogP contribution is -2.60. The third kappa shape index (κ3) is 9.07. The molecule has 13 atom stereocenters. The summed E-state index contributed by atoms with van der Waals surface area (Å²) in [5, 5.41) is 25.5. The molecular formula is C39H57N5O13S. The first kappa shape index (κ1) is 45.1. The van der Waals surface area contributed by atoms with Crippen LogP contribution in [0, 0.1) is 33.8 Å². The van der Waals surface area contributed by atoms with Crippen LogP contribution in [0.4, 0.5) is 14.6 Å². The first-order chi connectivity index (χ1) is 27.1. The largest absolute Gasteiger partial charge is 0.458 e. The van der Waals surface area contributed by atoms with Crippen molar-refractivity contribution in [3.05, 3.63) is 27.1 Å². The molecular weight excluding hydrogens is 779 g/mol. The third-order valence-electron chi connectivity index (χ3n) is 12.1. The molecule has 2 N–H and O–H groups in total. The quantitative estimate of drug-likeness (QED) is 0.131. The second-order valence-electron chi connectivity index (χ2n) is 16.7. The molecule has 0 saturated carbocycles. The number of cyclic esters (lactones) is 1. The number of thiophene rings is 1. The molecule has 5 heterocycles. The van der Waals surface area contributed by atoms with Gasteiger partial charge in [-0.2, -0.15) is 0 Å². The fourth-order valence-corrected chi connectivity index (χ4v) is 9.81. The van der Waals surface area contributed by atoms with E-state index in [2.05, 4.69) is 10.3 Å². The van der Waals surface area contributed by atoms with Gasteiger partial charge in [0.2, 0.25) is 0 Å². The molecule has 0 spiro atoms. The molecule has 0 aliphatic carbocycles. The first-order valence-corrected chi connectivity index (χ1v) is 20.6. The summed E-state index contributed by atoms with van der Waals surface area (Å²) in [5.74, 6) is -6.23. The zero-order valence-corrected chi connectivity index (χ0v) is 35.6. The Hall–Kier alpha value is -4.04. The first-order valence-electron chi connectivity index (χ1n) is 19.8. The number of aliphatic imine (C=N–C) groups is 1. The van der Waals surface area contributed by atoms with Gasteiger partial charge < -0.3 is 39.0 Å². The summed E-state index contributed by atoms with van der Waals surface area (Å²) in [6.07, 6.45) is -6.70. The molecule has 322 valence electrons. The average molecular weight is 836 g/mol. The van der Waals surface area contributed by atoms with Crippen molar-refractivity contribution in [3.63, 3.8) is 0 Å². The number of carbonyl (C=O) groups is 5. The number of ether oxygens (including phenoxy) is 5. The Morgan fingerprint density at radius 3 is 2.38 bits per heavy atom. The van der Waals surface area contributed by atoms with Crippen LogP contribution < -0.4 is 5.32 Å². The van der Waals surface area contributed by atoms with Crippen molar-refractivity contribution < 1.29 is 57.7 Å². The number of fused-ring (bicyclic) bond motifs is 4. The predicted molar refractivity (Wildman–Crippen MR) is 209 cm³/mol. The minimum absolute atomic E-state index is 0.0304. The number of aliphatic hydroxyl groups is 1. The number of hydrogen-bond acceptors (Lipinski definition) is 16. The highest BCUT2D eigenvalue weighted by atomic mass is 32.1. The van der Waals surface area contributed by atoms with Gasteiger partial charge in [0.05, 0.1) is 42.4 Å². The van der Waals surface area contributed by atoms with Crippen molar-refractivity contribution in [2.45, 2.75) is 135 Å². The number of aliphatic hydroxyl groups excluding tert-OH is 1. The Kier molecular flexibility index (Phi) is 13.7. The maximum atomic E-state index is 14.7. The van der Waals surface area contributed by atoms with Gasteiger partial charge in [0.15, 0.2) is 17.7 Å². The molecule has 4 fully saturated rings. The van der Waals surface area contributed by atoms with Crippen LogP contribution in [-0.2, 0) is 44.6 Å². The van der Waals surface area contributed by atoms with E-state index in [1.54, 1.807) is 33.8 Å². The van der Waals surface area contributed by atoms with E-state index >= 15 is 0 Å². The number of nitrogens with zero attached hydrogens (tertiary/aromatic N) is 4. The Morgan fingerprint density at radius 1 is 1.07 bits per heavy atom. The van der Waals surface area contributed by atoms with Crippen LogP contribution in [0.25, 0.3) is 0 Å². The fourth-order valence-electron chi connectivity index (χ4n) is 9.06. The molecule has 58 heavy (non-hydrogen) atoms. The molecule has 2 amide bonds. The summed E-state index contributed by atoms with van der Waals surface area (Å²) >= 11 is 0.928. The van der Waals surface area contributed by atoms with E-state index in [-0.39, 0.29) is 55.1 Å². The lowest BCUT2D eigenvalue weighted by atomic mass is 9.73. The second kappa shape index (κ2) is 17.7. The van der Waals surface area contributed by atoms with Gasteiger partial charge in [-0.05, 0) is 67.1 Å². The van der Waals surface area contributed by atoms with E-state index < -0.39 is 100 Å². The highest BCUT2D eigenvalue weighted by molar-refractivity contribution is 7.15. The Labute approximate surface area is 342 Å². The zero-order valence-electron chi connectivity index (χ0n) is 34.8. The van der Waals surface area contributed by atoms with Gasteiger partial charge in [-0.15, -0.1) is 0 Å². The number of esters is 1. The van der Waals surface area contributed by atoms with Crippen LogP contribution in [0.15, 0.2) is 17.1 Å². The SMILES string of the molecule is CC[C@H]1OC(=O)[C@H](C)C(=O)[C@H](C)[C@@H](O[C@@H]2O[C@H](C)C[C@H](N(C)C)[C@H]2O)[C@@]2(C)C[C@@H](C)C(=O)[C@H](C)[C@@H]3N(CC(=NCc4ccc([N+](=O)[O-])s4)CNC(=O)O2)C(=O)O[C@@]31C. The summed E-state index contributed by atoms with van der Waals surface area (Å²) < 4.78 is 31.1. The lowest BCUT2D eigenvalue weighted by Gasteiger charge is -2.47. The highest BCUT2D eigenvalue weighted by Gasteiger charge is 2.61. The Balaban J connectivity index is 1.68. The molecule has 19 heteroatoms. The average Bonchev–Trinajstić information content (AvgIpc) is 3.74. The molecule has 4 saturated heterocycles. The smallest absolute Gasteiger partial charge is 0.411 e. The number of alkyl carbamates (subject to hydrolysis) is 1. The van der Waals surface area contributed by atoms with Gasteiger partial charge in [-0.3, -0.25) is 34.4 Å². The van der Waals surface area contributed by atoms with Crippen LogP contribution in [0.2, 0.25) is 0 Å². The Morgan fingerprint density at radius 2 is 1.76 bits per heavy atom. The van der Waals surface area contributed by atoms with Crippen molar-refractivity contribution >= 4 is 51.8 Å². The normalized spacial score (nSPS) is 38.8. The molecule has 0 radical (unpaired) electrons. The Bertz CT molecular complexity index is 1790. The van der Waals surface area contributed by atoms with Crippen LogP contribution in [0.1, 0.15) is 79.5 Å². The van der Waals surface area contributed by atoms with E-state index in [9.17, 15) is 39.2 Å². The molecule has 0 aromatic carbocycles. The molecule has 4 aliphatic heterocycles. The molecule has 1 aromatic rings. The number of Topliss-reactive ketones (excluding diaryl/α,β-unsaturated/α-hetero) is 2. The summed E-state index contributed by atoms with van der Waals surface area (Å²) in [6.45, 7) is 12.4. The van der Waals surface area contributed by atoms with Crippen molar-refractivity contribution in [1.29, 1.82) is 0 Å². The van der Waals surface area contributed by atoms with E-state index in [1.165, 1.54) is 31.7 Å². The van der Waals surface area contributed by atoms with Gasteiger partial charge in [0, 0.05) is 34.7 Å². The molecule has 0 unspecified atom stereocenters. The van der Waals surface area contributed by atoms with Crippen molar-refractivity contribution in [2.24, 2.45) is 28.7 Å². The van der Waals surface area contributed by atoms with Crippen LogP contribution in [-0.4, -0.2) is 136 Å². The summed E-state index contributed by atoms with van der Waals surface area (Å²) in [5.41, 5.74) is -3.12. The van der Waals surface area contributed by atoms with E-state index in [4.69, 9.17) is 23.7 Å². The van der Waals surface area contributed by atoms with Crippen LogP contribution >= 0.6 is 11.3 Å². The number of ketones is 2. The minimum atomic E-state index is -1.78. The molecule has 18 nitrogen and oxygen atoms in total. The molecule has 5 rings (SSSR count). The second-order valence-corrected chi connectivity index (χ2v) is 17.9. The fraction of sp³-hybridized carbons (Fsp3) is 0.744. The van der Waals surface area contributed by atoms with Crippen molar-refractivity contribution in [3.8, 4) is 0 Å². The molecule has 2 bridgehead atoms. The van der Waals surface area contributed by atoms with Crippen molar-refractivity contribution in [2.75, 3.05) is 27.2 Å². The summed E-state index contributed by atoms with van der Waals surface area (Å²) in [7, 11) is 3.62. The number of nitro groups is 1. The van der Waals surface area contributed by atoms with E-state index in [1.807, 2.05) is 25.9 Å². The number of carbonyl (C=O) groups excluding carboxylic acids is 5. The monoisotopic (exact) mass is 835 g/mol. The van der Waals surface area contributed by atoms with E-state index in [0.717, 1.165) is 11.3 Å². The third-order valence-corrected chi connectivity index (χ3v) is 13.1. The minimum Gasteiger partial charge on any atom is -0.458 e. The number of hydrogen-bond donors (Lipinski definition) is 2. The summed E-state index contributed by atoms with van der Waals surface area (Å²) in [4.78, 5) is 90.3. The molecule has 4 aliphatic rings. The number of rotatable bonds is 7. The number of nitrogens with one attached hydrogen (secondary N) is 1. The maximum Gasteiger partial charge on any atom is 0.411 e. The van der Waals surface area contributed by atoms with Crippen molar-refractivity contribution in [1.82, 2.24) is 15.1 Å². The number of likely N-dealkylation sites (N-methyl/N-ethyl adjacent to an activating group) is 1. The number of amides is 2. The topological polar surface area (TPSA) is 226 Å². The van der Waals surface area contributed by atoms with Crippen LogP contribution in [0.5, 0.6) is 0 Å². The summed E-state index contributed by atoms with van der Waals surface area (Å²) in [6, 6.07) is 1.49. The zero-order chi connectivity index (χ0) is 43.0. The highest BCUT2D eigenvalue weighted by Crippen LogP contribution is 2.43. The standard InChI is InChI=1S/C39H57N5O13S/c1-11-27-39(8)32-21(4)29(45)19(2)15-38(7,33(22(5)30(46)23(6)34(48)54-27)55-35-31(47)26(42(9)10)14-20(3)53-35)56-36(49)41-16-24(18-43(32)37(50)57-39)40-17-25-12-13-28(58-25)44(51)52/h12-13,19-23,26-27,31-33,35,47H,11,14-18H2,1-10H3,(H,41,49)/t19-,20-,21+,22+,23-,26+,27-,31-,32+,33-,35+,38-,39-/m1/s1. The van der Waals surface area contributed by atoms with Gasteiger partial charge in [0.25, 0.3) is 0 Å². The van der Waals surface area contributed by atoms with E-state index in [0.29, 0.717) is 11.3 Å². The van der Waals surface area contributed by atoms with Gasteiger partial charge in [0.1, 0.15) is 35.6 Å². The maximum absolute atomic E-state index is 14.7.